The van der Waals surface area contributed by atoms with Gasteiger partial charge >= 0.3 is 0 Å². The highest BCUT2D eigenvalue weighted by Crippen LogP contribution is 2.36. The molecule has 10 heteroatoms. The molecule has 0 saturated heterocycles. The lowest BCUT2D eigenvalue weighted by atomic mass is 10.0. The number of nitrogens with one attached hydrogen (secondary N) is 2. The van der Waals surface area contributed by atoms with Crippen LogP contribution in [0.3, 0.4) is 0 Å². The standard InChI is InChI=1S/C23H24N4O5S/c1-4-18-22(23-24-20(28)10-11-21(29)27(23)25-18)15-9-8-14(2)19(12-15)33(30,31)26-16-6-5-7-17(13-16)32-3/h5-9,12-13,26H,4,10-11H2,1-3H3,(H,24,28). The van der Waals surface area contributed by atoms with Crippen LogP contribution >= 0.6 is 0 Å². The van der Waals surface area contributed by atoms with Crippen LogP contribution in [0.15, 0.2) is 47.4 Å². The molecule has 0 aliphatic carbocycles. The lowest BCUT2D eigenvalue weighted by Gasteiger charge is -2.14. The zero-order valence-electron chi connectivity index (χ0n) is 18.5. The number of amides is 1. The Bertz CT molecular complexity index is 1360. The number of hydrogen-bond acceptors (Lipinski definition) is 6. The average molecular weight is 469 g/mol. The Hall–Kier alpha value is -3.66. The molecule has 1 aromatic heterocycles. The van der Waals surface area contributed by atoms with Crippen molar-refractivity contribution in [2.24, 2.45) is 0 Å². The number of rotatable bonds is 6. The molecule has 1 aliphatic rings. The number of nitrogens with zero attached hydrogens (tertiary/aromatic N) is 2. The molecule has 0 spiro atoms. The maximum Gasteiger partial charge on any atom is 0.262 e. The lowest BCUT2D eigenvalue weighted by molar-refractivity contribution is -0.116. The summed E-state index contributed by atoms with van der Waals surface area (Å²) >= 11 is 0. The van der Waals surface area contributed by atoms with E-state index in [1.54, 1.807) is 43.3 Å². The SMILES string of the molecule is CCc1nn2c(c1-c1ccc(C)c(S(=O)(=O)Nc3cccc(OC)c3)c1)NC(=O)CCC2=O. The first kappa shape index (κ1) is 22.5. The molecule has 2 aromatic carbocycles. The van der Waals surface area contributed by atoms with Gasteiger partial charge in [0.05, 0.1) is 23.4 Å². The molecule has 2 heterocycles. The largest absolute Gasteiger partial charge is 0.497 e. The second-order valence-corrected chi connectivity index (χ2v) is 9.35. The van der Waals surface area contributed by atoms with Gasteiger partial charge in [-0.25, -0.2) is 8.42 Å². The van der Waals surface area contributed by atoms with E-state index in [0.717, 1.165) is 0 Å². The van der Waals surface area contributed by atoms with Crippen LogP contribution < -0.4 is 14.8 Å². The van der Waals surface area contributed by atoms with Gasteiger partial charge in [0, 0.05) is 24.5 Å². The molecule has 0 saturated carbocycles. The summed E-state index contributed by atoms with van der Waals surface area (Å²) in [6, 6.07) is 11.6. The molecule has 3 aromatic rings. The van der Waals surface area contributed by atoms with Crippen LogP contribution in [0.4, 0.5) is 11.5 Å². The summed E-state index contributed by atoms with van der Waals surface area (Å²) < 4.78 is 35.5. The molecule has 9 nitrogen and oxygen atoms in total. The van der Waals surface area contributed by atoms with Crippen molar-refractivity contribution < 1.29 is 22.7 Å². The zero-order chi connectivity index (χ0) is 23.8. The first-order valence-electron chi connectivity index (χ1n) is 10.5. The summed E-state index contributed by atoms with van der Waals surface area (Å²) in [4.78, 5) is 24.8. The van der Waals surface area contributed by atoms with Gasteiger partial charge < -0.3 is 10.1 Å². The van der Waals surface area contributed by atoms with Crippen molar-refractivity contribution in [2.45, 2.75) is 38.0 Å². The number of methoxy groups -OCH3 is 1. The van der Waals surface area contributed by atoms with Crippen LogP contribution in [0.25, 0.3) is 11.1 Å². The number of sulfonamides is 1. The number of carbonyl (C=O) groups excluding carboxylic acids is 2. The Kier molecular flexibility index (Phi) is 5.94. The van der Waals surface area contributed by atoms with E-state index < -0.39 is 10.0 Å². The van der Waals surface area contributed by atoms with Crippen molar-refractivity contribution in [3.8, 4) is 16.9 Å². The number of anilines is 2. The minimum Gasteiger partial charge on any atom is -0.497 e. The molecule has 0 bridgehead atoms. The third kappa shape index (κ3) is 4.34. The number of benzene rings is 2. The number of fused-ring (bicyclic) bond motifs is 1. The Labute approximate surface area is 191 Å². The molecule has 4 rings (SSSR count). The Balaban J connectivity index is 1.81. The van der Waals surface area contributed by atoms with Gasteiger partial charge in [-0.3, -0.25) is 14.3 Å². The third-order valence-electron chi connectivity index (χ3n) is 5.44. The molecule has 172 valence electrons. The fourth-order valence-electron chi connectivity index (χ4n) is 3.77. The summed E-state index contributed by atoms with van der Waals surface area (Å²) in [6.07, 6.45) is 0.624. The van der Waals surface area contributed by atoms with Gasteiger partial charge in [0.1, 0.15) is 11.6 Å². The highest BCUT2D eigenvalue weighted by atomic mass is 32.2. The topological polar surface area (TPSA) is 119 Å². The minimum absolute atomic E-state index is 0.0566. The number of aromatic nitrogens is 2. The number of carbonyl (C=O) groups is 2. The van der Waals surface area contributed by atoms with Gasteiger partial charge in [0.25, 0.3) is 10.0 Å². The van der Waals surface area contributed by atoms with Crippen molar-refractivity contribution in [1.82, 2.24) is 9.78 Å². The van der Waals surface area contributed by atoms with E-state index >= 15 is 0 Å². The van der Waals surface area contributed by atoms with E-state index in [-0.39, 0.29) is 35.4 Å². The summed E-state index contributed by atoms with van der Waals surface area (Å²) in [5.74, 6) is 0.220. The molecule has 0 radical (unpaired) electrons. The van der Waals surface area contributed by atoms with Gasteiger partial charge in [0.15, 0.2) is 0 Å². The molecule has 2 N–H and O–H groups in total. The molecular weight excluding hydrogens is 444 g/mol. The van der Waals surface area contributed by atoms with Gasteiger partial charge in [-0.15, -0.1) is 0 Å². The highest BCUT2D eigenvalue weighted by molar-refractivity contribution is 7.92. The van der Waals surface area contributed by atoms with E-state index in [1.807, 2.05) is 6.92 Å². The fourth-order valence-corrected chi connectivity index (χ4v) is 5.09. The van der Waals surface area contributed by atoms with E-state index in [2.05, 4.69) is 15.1 Å². The molecular formula is C23H24N4O5S. The van der Waals surface area contributed by atoms with Crippen molar-refractivity contribution in [2.75, 3.05) is 17.1 Å². The van der Waals surface area contributed by atoms with Gasteiger partial charge in [-0.2, -0.15) is 9.78 Å². The van der Waals surface area contributed by atoms with Gasteiger partial charge in [0.2, 0.25) is 11.8 Å². The van der Waals surface area contributed by atoms with E-state index in [1.165, 1.54) is 17.9 Å². The summed E-state index contributed by atoms with van der Waals surface area (Å²) in [5.41, 5.74) is 2.59. The molecule has 1 amide bonds. The van der Waals surface area contributed by atoms with Crippen molar-refractivity contribution in [1.29, 1.82) is 0 Å². The highest BCUT2D eigenvalue weighted by Gasteiger charge is 2.28. The van der Waals surface area contributed by atoms with Crippen molar-refractivity contribution in [3.05, 3.63) is 53.7 Å². The first-order valence-corrected chi connectivity index (χ1v) is 11.9. The van der Waals surface area contributed by atoms with Gasteiger partial charge in [-0.05, 0) is 42.7 Å². The predicted octanol–water partition coefficient (Wildman–Crippen LogP) is 3.60. The minimum atomic E-state index is -3.94. The van der Waals surface area contributed by atoms with Crippen LogP contribution in [0.5, 0.6) is 5.75 Å². The summed E-state index contributed by atoms with van der Waals surface area (Å²) in [5, 5.41) is 7.16. The monoisotopic (exact) mass is 468 g/mol. The van der Waals surface area contributed by atoms with Crippen LogP contribution in [0.2, 0.25) is 0 Å². The second kappa shape index (κ2) is 8.70. The molecule has 0 fully saturated rings. The van der Waals surface area contributed by atoms with Crippen LogP contribution in [-0.2, 0) is 21.2 Å². The van der Waals surface area contributed by atoms with Crippen LogP contribution in [0, 0.1) is 6.92 Å². The quantitative estimate of drug-likeness (QED) is 0.570. The lowest BCUT2D eigenvalue weighted by Crippen LogP contribution is -2.15. The Morgan fingerprint density at radius 2 is 1.94 bits per heavy atom. The Morgan fingerprint density at radius 1 is 1.15 bits per heavy atom. The maximum atomic E-state index is 13.2. The maximum absolute atomic E-state index is 13.2. The average Bonchev–Trinajstić information content (AvgIpc) is 3.09. The van der Waals surface area contributed by atoms with E-state index in [0.29, 0.717) is 40.2 Å². The molecule has 1 aliphatic heterocycles. The zero-order valence-corrected chi connectivity index (χ0v) is 19.3. The predicted molar refractivity (Wildman–Crippen MR) is 124 cm³/mol. The second-order valence-electron chi connectivity index (χ2n) is 7.70. The van der Waals surface area contributed by atoms with Crippen LogP contribution in [0.1, 0.15) is 35.8 Å². The van der Waals surface area contributed by atoms with Gasteiger partial charge in [-0.1, -0.05) is 25.1 Å². The molecule has 0 atom stereocenters. The van der Waals surface area contributed by atoms with E-state index in [9.17, 15) is 18.0 Å². The summed E-state index contributed by atoms with van der Waals surface area (Å²) in [6.45, 7) is 3.59. The third-order valence-corrected chi connectivity index (χ3v) is 6.96. The van der Waals surface area contributed by atoms with Crippen LogP contribution in [-0.4, -0.2) is 37.1 Å². The van der Waals surface area contributed by atoms with Crippen molar-refractivity contribution in [3.63, 3.8) is 0 Å². The molecule has 33 heavy (non-hydrogen) atoms. The van der Waals surface area contributed by atoms with E-state index in [4.69, 9.17) is 4.74 Å². The van der Waals surface area contributed by atoms with Crippen molar-refractivity contribution >= 4 is 33.3 Å². The number of ether oxygens (including phenoxy) is 1. The smallest absolute Gasteiger partial charge is 0.262 e. The number of aryl methyl sites for hydroxylation is 2. The first-order chi connectivity index (χ1) is 15.7. The summed E-state index contributed by atoms with van der Waals surface area (Å²) in [7, 11) is -2.43. The Morgan fingerprint density at radius 3 is 2.67 bits per heavy atom. The normalized spacial score (nSPS) is 13.8. The number of hydrogen-bond donors (Lipinski definition) is 2. The fraction of sp³-hybridized carbons (Fsp3) is 0.261. The molecule has 0 unspecified atom stereocenters.